The van der Waals surface area contributed by atoms with E-state index >= 15 is 0 Å². The van der Waals surface area contributed by atoms with Crippen LogP contribution in [0.4, 0.5) is 0 Å². The van der Waals surface area contributed by atoms with E-state index in [-0.39, 0.29) is 40.8 Å². The highest BCUT2D eigenvalue weighted by Crippen LogP contribution is 2.67. The Kier molecular flexibility index (Phi) is 33.7. The molecule has 0 aromatic carbocycles. The van der Waals surface area contributed by atoms with Gasteiger partial charge >= 0.3 is 11.9 Å². The Labute approximate surface area is 497 Å². The zero-order chi connectivity index (χ0) is 59.6. The molecule has 0 aromatic rings. The van der Waals surface area contributed by atoms with Crippen molar-refractivity contribution in [1.82, 2.24) is 0 Å². The highest BCUT2D eigenvalue weighted by atomic mass is 16.6. The van der Waals surface area contributed by atoms with E-state index in [0.717, 1.165) is 48.0 Å². The highest BCUT2D eigenvalue weighted by molar-refractivity contribution is 5.96. The molecule has 81 heavy (non-hydrogen) atoms. The maximum atomic E-state index is 13.6. The van der Waals surface area contributed by atoms with Gasteiger partial charge in [0, 0.05) is 43.1 Å². The predicted octanol–water partition coefficient (Wildman–Crippen LogP) is 21.0. The minimum Gasteiger partial charge on any atom is -0.462 e. The first-order valence-electron chi connectivity index (χ1n) is 33.1. The summed E-state index contributed by atoms with van der Waals surface area (Å²) in [5.41, 5.74) is 5.27. The van der Waals surface area contributed by atoms with Crippen molar-refractivity contribution in [2.75, 3.05) is 0 Å². The maximum absolute atomic E-state index is 13.6. The number of ketones is 1. The van der Waals surface area contributed by atoms with Crippen LogP contribution in [-0.2, 0) is 28.6 Å². The second-order valence-electron chi connectivity index (χ2n) is 26.9. The van der Waals surface area contributed by atoms with Gasteiger partial charge in [0.05, 0.1) is 11.2 Å². The molecular weight excluding hydrogens is 1000 g/mol. The Morgan fingerprint density at radius 1 is 0.506 bits per heavy atom. The fourth-order valence-corrected chi connectivity index (χ4v) is 13.0. The molecule has 458 valence electrons. The number of epoxide rings is 1. The van der Waals surface area contributed by atoms with E-state index in [2.05, 4.69) is 73.3 Å². The Morgan fingerprint density at radius 3 is 1.30 bits per heavy atom. The summed E-state index contributed by atoms with van der Waals surface area (Å²) in [6.07, 6.45) is 61.2. The third kappa shape index (κ3) is 27.7. The molecule has 1 heterocycles. The van der Waals surface area contributed by atoms with Crippen molar-refractivity contribution in [2.45, 2.75) is 337 Å². The first-order chi connectivity index (χ1) is 38.6. The van der Waals surface area contributed by atoms with E-state index in [1.54, 1.807) is 0 Å². The van der Waals surface area contributed by atoms with Gasteiger partial charge in [-0.1, -0.05) is 280 Å². The summed E-state index contributed by atoms with van der Waals surface area (Å²) in [7, 11) is 0. The topological polar surface area (TPSA) is 102 Å². The number of ether oxygens (including phenoxy) is 3. The van der Waals surface area contributed by atoms with Crippen LogP contribution in [0.2, 0.25) is 0 Å². The molecule has 7 nitrogen and oxygen atoms in total. The molecule has 2 saturated carbocycles. The lowest BCUT2D eigenvalue weighted by Crippen LogP contribution is -2.49. The lowest BCUT2D eigenvalue weighted by atomic mass is 9.61. The smallest absolute Gasteiger partial charge is 0.306 e. The molecule has 1 saturated heterocycles. The van der Waals surface area contributed by atoms with Crippen LogP contribution in [0.5, 0.6) is 0 Å². The molecule has 3 rings (SSSR count). The van der Waals surface area contributed by atoms with Crippen LogP contribution >= 0.6 is 0 Å². The Balaban J connectivity index is 1.35. The van der Waals surface area contributed by atoms with Gasteiger partial charge in [-0.15, -0.1) is 5.73 Å². The van der Waals surface area contributed by atoms with Gasteiger partial charge < -0.3 is 19.3 Å². The van der Waals surface area contributed by atoms with Crippen LogP contribution in [0.3, 0.4) is 0 Å². The molecule has 0 unspecified atom stereocenters. The monoisotopic (exact) mass is 1120 g/mol. The molecule has 0 spiro atoms. The summed E-state index contributed by atoms with van der Waals surface area (Å²) in [6.45, 7) is 25.0. The molecule has 0 bridgehead atoms. The average Bonchev–Trinajstić information content (AvgIpc) is 2.31. The number of hydrogen-bond acceptors (Lipinski definition) is 7. The Morgan fingerprint density at radius 2 is 0.889 bits per heavy atom. The van der Waals surface area contributed by atoms with Gasteiger partial charge in [-0.3, -0.25) is 14.4 Å². The number of esters is 2. The van der Waals surface area contributed by atoms with Crippen LogP contribution in [0.15, 0.2) is 100 Å². The lowest BCUT2D eigenvalue weighted by Gasteiger charge is -2.44. The highest BCUT2D eigenvalue weighted by Gasteiger charge is 2.76. The van der Waals surface area contributed by atoms with Crippen LogP contribution in [0.1, 0.15) is 308 Å². The first kappa shape index (κ1) is 71.5. The number of fused-ring (bicyclic) bond motifs is 1. The Bertz CT molecular complexity index is 2140. The van der Waals surface area contributed by atoms with Gasteiger partial charge in [-0.05, 0) is 89.9 Å². The van der Waals surface area contributed by atoms with E-state index in [1.165, 1.54) is 154 Å². The fraction of sp³-hybridized carbons (Fsp3) is 0.730. The van der Waals surface area contributed by atoms with E-state index < -0.39 is 16.8 Å². The van der Waals surface area contributed by atoms with Gasteiger partial charge in [0.15, 0.2) is 5.78 Å². The van der Waals surface area contributed by atoms with Crippen LogP contribution in [0, 0.1) is 10.8 Å². The summed E-state index contributed by atoms with van der Waals surface area (Å²) < 4.78 is 18.5. The van der Waals surface area contributed by atoms with Gasteiger partial charge in [0.1, 0.15) is 17.8 Å². The molecule has 0 aromatic heterocycles. The number of Topliss-reactive ketones (excluding diaryl/α,β-unsaturated/α-hetero) is 1. The summed E-state index contributed by atoms with van der Waals surface area (Å²) in [6, 6.07) is 0. The van der Waals surface area contributed by atoms with Crippen molar-refractivity contribution in [1.29, 1.82) is 0 Å². The molecule has 3 aliphatic rings. The van der Waals surface area contributed by atoms with E-state index in [9.17, 15) is 19.5 Å². The van der Waals surface area contributed by atoms with Crippen molar-refractivity contribution in [3.05, 3.63) is 100 Å². The largest absolute Gasteiger partial charge is 0.462 e. The third-order valence-electron chi connectivity index (χ3n) is 17.9. The van der Waals surface area contributed by atoms with Gasteiger partial charge in [-0.2, -0.15) is 0 Å². The predicted molar refractivity (Wildman–Crippen MR) is 342 cm³/mol. The normalized spacial score (nSPS) is 24.0. The molecule has 5 atom stereocenters. The second kappa shape index (κ2) is 38.2. The minimum absolute atomic E-state index is 0.0820. The third-order valence-corrected chi connectivity index (χ3v) is 17.9. The molecule has 1 aliphatic heterocycles. The van der Waals surface area contributed by atoms with Crippen LogP contribution < -0.4 is 0 Å². The standard InChI is InChI=1S/C74H120O7/c1-13-15-17-19-21-23-25-27-28-30-32-34-36-38-40-52-69(77)80-65-56-71(9,10)74(73(12,58-65)81-74)59-66(75)63(6)50-44-49-61(4)46-42-41-45-60(3)47-43-48-62(5)53-54-67-70(7,8)55-64(57-72(67,11)78)79-68(76)51-39-37-35-33-31-29-26-24-22-20-18-16-14-2/h41-50,53,64-65,78H,13-40,51-52,55-59H2,1-12H3/b42-41+,47-43+,49-44+,60-45+,61-46+,62-48+,63-50+/t54?,64-,65-,72+,73+,74-/m0/s1. The Hall–Kier alpha value is -3.77. The van der Waals surface area contributed by atoms with Crippen LogP contribution in [0.25, 0.3) is 0 Å². The van der Waals surface area contributed by atoms with Crippen LogP contribution in [-0.4, -0.2) is 51.8 Å². The minimum atomic E-state index is -1.13. The van der Waals surface area contributed by atoms with Crippen molar-refractivity contribution < 1.29 is 33.7 Å². The number of rotatable bonds is 42. The first-order valence-corrected chi connectivity index (χ1v) is 33.1. The van der Waals surface area contributed by atoms with E-state index in [0.29, 0.717) is 50.5 Å². The molecule has 7 heteroatoms. The summed E-state index contributed by atoms with van der Waals surface area (Å²) in [4.78, 5) is 39.4. The second-order valence-corrected chi connectivity index (χ2v) is 26.9. The summed E-state index contributed by atoms with van der Waals surface area (Å²) in [5, 5.41) is 11.6. The molecule has 3 fully saturated rings. The fourth-order valence-electron chi connectivity index (χ4n) is 13.0. The maximum Gasteiger partial charge on any atom is 0.306 e. The van der Waals surface area contributed by atoms with Gasteiger partial charge in [0.25, 0.3) is 0 Å². The number of carbonyl (C=O) groups is 3. The number of allylic oxidation sites excluding steroid dienone is 14. The van der Waals surface area contributed by atoms with Crippen molar-refractivity contribution in [3.63, 3.8) is 0 Å². The van der Waals surface area contributed by atoms with Gasteiger partial charge in [-0.25, -0.2) is 0 Å². The summed E-state index contributed by atoms with van der Waals surface area (Å²) in [5.74, 6) is -0.169. The molecule has 1 N–H and O–H groups in total. The number of hydrogen-bond donors (Lipinski definition) is 1. The summed E-state index contributed by atoms with van der Waals surface area (Å²) >= 11 is 0. The quantitative estimate of drug-likeness (QED) is 0.0162. The zero-order valence-electron chi connectivity index (χ0n) is 54.2. The molecular formula is C74H120O7. The average molecular weight is 1120 g/mol. The van der Waals surface area contributed by atoms with Crippen molar-refractivity contribution >= 4 is 17.7 Å². The van der Waals surface area contributed by atoms with Crippen molar-refractivity contribution in [2.24, 2.45) is 10.8 Å². The zero-order valence-corrected chi connectivity index (χ0v) is 54.2. The lowest BCUT2D eigenvalue weighted by molar-refractivity contribution is -0.156. The van der Waals surface area contributed by atoms with E-state index in [4.69, 9.17) is 14.2 Å². The van der Waals surface area contributed by atoms with E-state index in [1.807, 2.05) is 82.4 Å². The molecule has 0 amide bonds. The SMILES string of the molecule is CCCCCCCCCCCCCCCCCC(=O)O[C@H]1CC(C)(C)[C@]2(CC(=O)/C(C)=C/C=C/C(C)=C/C=C/C=C(C)/C=C/C=C(\C)C=C=C3C(C)(C)C[C@H](OC(=O)CCCCCCCCCCCCCCC)C[C@@]3(C)O)O[C@]2(C)C1. The van der Waals surface area contributed by atoms with Crippen molar-refractivity contribution in [3.8, 4) is 0 Å². The molecule has 2 aliphatic carbocycles. The molecule has 0 radical (unpaired) electrons. The van der Waals surface area contributed by atoms with Gasteiger partial charge in [0.2, 0.25) is 0 Å². The number of unbranched alkanes of at least 4 members (excludes halogenated alkanes) is 26. The number of carbonyl (C=O) groups excluding carboxylic acids is 3. The number of aliphatic hydroxyl groups is 1.